The summed E-state index contributed by atoms with van der Waals surface area (Å²) in [5.74, 6) is -1.31. The molecule has 2 unspecified atom stereocenters. The Morgan fingerprint density at radius 1 is 1.30 bits per heavy atom. The summed E-state index contributed by atoms with van der Waals surface area (Å²) in [5.41, 5.74) is 1.41. The quantitative estimate of drug-likeness (QED) is 0.178. The van der Waals surface area contributed by atoms with Crippen molar-refractivity contribution < 1.29 is 34.1 Å². The molecule has 8 nitrogen and oxygen atoms in total. The number of methoxy groups -OCH3 is 1. The minimum absolute atomic E-state index is 0.0294. The van der Waals surface area contributed by atoms with Crippen molar-refractivity contribution in [3.05, 3.63) is 12.2 Å². The van der Waals surface area contributed by atoms with Crippen LogP contribution in [-0.4, -0.2) is 54.9 Å². The maximum absolute atomic E-state index is 11.5. The molecule has 0 aromatic carbocycles. The van der Waals surface area contributed by atoms with Gasteiger partial charge < -0.3 is 19.3 Å². The molecule has 2 atom stereocenters. The van der Waals surface area contributed by atoms with Crippen LogP contribution in [0.2, 0.25) is 0 Å². The third-order valence-corrected chi connectivity index (χ3v) is 2.69. The normalized spacial score (nSPS) is 14.5. The van der Waals surface area contributed by atoms with Gasteiger partial charge in [-0.15, -0.1) is 0 Å². The van der Waals surface area contributed by atoms with E-state index in [1.165, 1.54) is 18.7 Å². The van der Waals surface area contributed by atoms with Crippen LogP contribution in [0, 0.1) is 5.41 Å². The van der Waals surface area contributed by atoms with Gasteiger partial charge in [-0.05, 0) is 11.8 Å². The van der Waals surface area contributed by atoms with Crippen molar-refractivity contribution in [2.45, 2.75) is 46.0 Å². The number of carbonyl (C=O) groups is 2. The summed E-state index contributed by atoms with van der Waals surface area (Å²) in [6, 6.07) is 0. The molecule has 0 saturated carbocycles. The molecule has 8 heteroatoms. The summed E-state index contributed by atoms with van der Waals surface area (Å²) in [6.45, 7) is 5.75. The average Bonchev–Trinajstić information content (AvgIpc) is 2.48. The Hall–Kier alpha value is -1.48. The Balaban J connectivity index is 4.27. The number of hydrogen-bond donors (Lipinski definition) is 3. The first-order chi connectivity index (χ1) is 10.7. The number of nitrogens with one attached hydrogen (secondary N) is 1. The summed E-state index contributed by atoms with van der Waals surface area (Å²) in [6.07, 6.45) is 1.57. The second kappa shape index (κ2) is 11.1. The first-order valence-electron chi connectivity index (χ1n) is 7.27. The molecule has 0 aliphatic heterocycles. The van der Waals surface area contributed by atoms with Gasteiger partial charge in [0.05, 0.1) is 12.7 Å². The largest absolute Gasteiger partial charge is 0.457 e. The van der Waals surface area contributed by atoms with E-state index in [4.69, 9.17) is 19.4 Å². The van der Waals surface area contributed by atoms with Crippen molar-refractivity contribution in [2.75, 3.05) is 20.3 Å². The maximum atomic E-state index is 11.5. The van der Waals surface area contributed by atoms with Gasteiger partial charge in [0.2, 0.25) is 5.91 Å². The molecule has 0 aliphatic rings. The predicted octanol–water partition coefficient (Wildman–Crippen LogP) is 0.768. The second-order valence-corrected chi connectivity index (χ2v) is 6.14. The topological polar surface area (TPSA) is 114 Å². The third kappa shape index (κ3) is 11.7. The monoisotopic (exact) mass is 333 g/mol. The number of esters is 1. The van der Waals surface area contributed by atoms with Crippen LogP contribution in [0.5, 0.6) is 0 Å². The van der Waals surface area contributed by atoms with Crippen molar-refractivity contribution in [1.29, 1.82) is 0 Å². The second-order valence-electron chi connectivity index (χ2n) is 6.14. The van der Waals surface area contributed by atoms with Gasteiger partial charge in [-0.1, -0.05) is 26.8 Å². The highest BCUT2D eigenvalue weighted by atomic mass is 16.7. The lowest BCUT2D eigenvalue weighted by molar-refractivity contribution is -0.196. The zero-order valence-electron chi connectivity index (χ0n) is 14.1. The highest BCUT2D eigenvalue weighted by Gasteiger charge is 2.22. The molecule has 0 aromatic heterocycles. The zero-order chi connectivity index (χ0) is 17.9. The van der Waals surface area contributed by atoms with Crippen molar-refractivity contribution >= 4 is 11.9 Å². The molecular formula is C15H27NO7. The van der Waals surface area contributed by atoms with E-state index in [1.807, 2.05) is 20.8 Å². The Labute approximate surface area is 136 Å². The van der Waals surface area contributed by atoms with Gasteiger partial charge in [-0.2, -0.15) is 0 Å². The molecule has 0 spiro atoms. The van der Waals surface area contributed by atoms with Gasteiger partial charge >= 0.3 is 5.97 Å². The fourth-order valence-electron chi connectivity index (χ4n) is 1.72. The Bertz CT molecular complexity index is 390. The Kier molecular flexibility index (Phi) is 10.4. The third-order valence-electron chi connectivity index (χ3n) is 2.69. The summed E-state index contributed by atoms with van der Waals surface area (Å²) >= 11 is 0. The van der Waals surface area contributed by atoms with Gasteiger partial charge in [0.25, 0.3) is 0 Å². The number of amides is 1. The first kappa shape index (κ1) is 21.5. The lowest BCUT2D eigenvalue weighted by Gasteiger charge is -2.27. The van der Waals surface area contributed by atoms with Crippen molar-refractivity contribution in [3.63, 3.8) is 0 Å². The number of aliphatic hydroxyl groups is 1. The number of aliphatic hydroxyl groups excluding tert-OH is 1. The summed E-state index contributed by atoms with van der Waals surface area (Å²) in [7, 11) is 1.41. The molecule has 23 heavy (non-hydrogen) atoms. The van der Waals surface area contributed by atoms with E-state index < -0.39 is 24.3 Å². The van der Waals surface area contributed by atoms with E-state index in [1.54, 1.807) is 0 Å². The Morgan fingerprint density at radius 3 is 2.43 bits per heavy atom. The fourth-order valence-corrected chi connectivity index (χ4v) is 1.72. The molecule has 0 saturated heterocycles. The number of carbonyl (C=O) groups excluding carboxylic acids is 2. The van der Waals surface area contributed by atoms with Crippen LogP contribution in [0.4, 0.5) is 0 Å². The molecule has 0 aromatic rings. The SMILES string of the molecule is COC(COC(=O)/C=C/CC(=O)NO)OC(CO)CC(C)(C)C. The van der Waals surface area contributed by atoms with E-state index in [0.29, 0.717) is 6.42 Å². The molecular weight excluding hydrogens is 306 g/mol. The zero-order valence-corrected chi connectivity index (χ0v) is 14.1. The van der Waals surface area contributed by atoms with Crippen LogP contribution >= 0.6 is 0 Å². The Morgan fingerprint density at radius 2 is 1.96 bits per heavy atom. The minimum Gasteiger partial charge on any atom is -0.457 e. The molecule has 0 fully saturated rings. The van der Waals surface area contributed by atoms with Gasteiger partial charge in [0.15, 0.2) is 6.29 Å². The number of hydroxylamine groups is 1. The summed E-state index contributed by atoms with van der Waals surface area (Å²) in [5, 5.41) is 17.6. The van der Waals surface area contributed by atoms with E-state index in [9.17, 15) is 14.7 Å². The minimum atomic E-state index is -0.799. The maximum Gasteiger partial charge on any atom is 0.330 e. The van der Waals surface area contributed by atoms with Crippen LogP contribution in [0.25, 0.3) is 0 Å². The summed E-state index contributed by atoms with van der Waals surface area (Å²) in [4.78, 5) is 22.2. The van der Waals surface area contributed by atoms with Crippen LogP contribution in [0.15, 0.2) is 12.2 Å². The molecule has 0 heterocycles. The van der Waals surface area contributed by atoms with Crippen LogP contribution in [0.3, 0.4) is 0 Å². The van der Waals surface area contributed by atoms with Crippen LogP contribution < -0.4 is 5.48 Å². The molecule has 0 rings (SSSR count). The van der Waals surface area contributed by atoms with E-state index in [0.717, 1.165) is 6.08 Å². The molecule has 0 radical (unpaired) electrons. The smallest absolute Gasteiger partial charge is 0.330 e. The molecule has 1 amide bonds. The molecule has 3 N–H and O–H groups in total. The number of rotatable bonds is 10. The lowest BCUT2D eigenvalue weighted by atomic mass is 9.89. The van der Waals surface area contributed by atoms with E-state index >= 15 is 0 Å². The standard InChI is InChI=1S/C15H27NO7/c1-15(2,3)8-11(9-17)23-14(21-4)10-22-13(19)7-5-6-12(18)16-20/h5,7,11,14,17,20H,6,8-10H2,1-4H3,(H,16,18)/b7-5+. The molecule has 0 aliphatic carbocycles. The van der Waals surface area contributed by atoms with Gasteiger partial charge in [0.1, 0.15) is 6.61 Å². The van der Waals surface area contributed by atoms with Crippen LogP contribution in [-0.2, 0) is 23.8 Å². The lowest BCUT2D eigenvalue weighted by Crippen LogP contribution is -2.33. The molecule has 0 bridgehead atoms. The van der Waals surface area contributed by atoms with E-state index in [2.05, 4.69) is 0 Å². The van der Waals surface area contributed by atoms with Gasteiger partial charge in [-0.3, -0.25) is 10.0 Å². The number of ether oxygens (including phenoxy) is 3. The average molecular weight is 333 g/mol. The highest BCUT2D eigenvalue weighted by Crippen LogP contribution is 2.23. The predicted molar refractivity (Wildman–Crippen MR) is 81.5 cm³/mol. The van der Waals surface area contributed by atoms with Crippen molar-refractivity contribution in [3.8, 4) is 0 Å². The number of hydrogen-bond acceptors (Lipinski definition) is 7. The van der Waals surface area contributed by atoms with Crippen LogP contribution in [0.1, 0.15) is 33.6 Å². The van der Waals surface area contributed by atoms with Gasteiger partial charge in [-0.25, -0.2) is 10.3 Å². The summed E-state index contributed by atoms with van der Waals surface area (Å²) < 4.78 is 15.6. The molecule has 134 valence electrons. The van der Waals surface area contributed by atoms with E-state index in [-0.39, 0.29) is 25.0 Å². The van der Waals surface area contributed by atoms with Gasteiger partial charge in [0, 0.05) is 19.6 Å². The highest BCUT2D eigenvalue weighted by molar-refractivity contribution is 5.83. The van der Waals surface area contributed by atoms with Crippen molar-refractivity contribution in [1.82, 2.24) is 5.48 Å². The first-order valence-corrected chi connectivity index (χ1v) is 7.27. The fraction of sp³-hybridized carbons (Fsp3) is 0.733. The van der Waals surface area contributed by atoms with Crippen molar-refractivity contribution in [2.24, 2.45) is 5.41 Å².